The molecule has 19 heavy (non-hydrogen) atoms. The second-order valence-electron chi connectivity index (χ2n) is 4.58. The molecule has 2 heterocycles. The fourth-order valence-electron chi connectivity index (χ4n) is 2.07. The first-order valence-electron chi connectivity index (χ1n) is 6.04. The first-order chi connectivity index (χ1) is 9.20. The average molecular weight is 263 g/mol. The smallest absolute Gasteiger partial charge is 0.323 e. The number of carboxylic acid groups (broad SMARTS) is 1. The van der Waals surface area contributed by atoms with Gasteiger partial charge in [-0.05, 0) is 31.4 Å². The number of rotatable bonds is 5. The molecule has 7 nitrogen and oxygen atoms in total. The lowest BCUT2D eigenvalue weighted by molar-refractivity contribution is -0.149. The Labute approximate surface area is 108 Å². The highest BCUT2D eigenvalue weighted by atomic mass is 16.5. The standard InChI is InChI=1S/C12H13N3O4/c16-11(17)12(4-2-5-12)13-7-9-14-10(15-19-9)8-3-1-6-18-8/h1,3,6,13H,2,4-5,7H2,(H,16,17). The molecule has 2 N–H and O–H groups in total. The van der Waals surface area contributed by atoms with Gasteiger partial charge in [0.25, 0.3) is 0 Å². The van der Waals surface area contributed by atoms with Crippen LogP contribution in [0.2, 0.25) is 0 Å². The summed E-state index contributed by atoms with van der Waals surface area (Å²) < 4.78 is 10.2. The molecule has 1 saturated carbocycles. The van der Waals surface area contributed by atoms with Crippen molar-refractivity contribution in [3.63, 3.8) is 0 Å². The third-order valence-corrected chi connectivity index (χ3v) is 3.40. The normalized spacial score (nSPS) is 17.1. The highest BCUT2D eigenvalue weighted by Crippen LogP contribution is 2.32. The maximum atomic E-state index is 11.2. The molecular formula is C12H13N3O4. The van der Waals surface area contributed by atoms with Crippen LogP contribution in [0.1, 0.15) is 25.2 Å². The Bertz CT molecular complexity index is 572. The summed E-state index contributed by atoms with van der Waals surface area (Å²) in [4.78, 5) is 15.3. The lowest BCUT2D eigenvalue weighted by atomic mass is 9.77. The van der Waals surface area contributed by atoms with Crippen molar-refractivity contribution in [1.82, 2.24) is 15.5 Å². The summed E-state index contributed by atoms with van der Waals surface area (Å²) in [5.41, 5.74) is -0.834. The minimum atomic E-state index is -0.834. The summed E-state index contributed by atoms with van der Waals surface area (Å²) in [5.74, 6) is 0.398. The van der Waals surface area contributed by atoms with Crippen molar-refractivity contribution in [2.45, 2.75) is 31.3 Å². The van der Waals surface area contributed by atoms with Gasteiger partial charge in [-0.25, -0.2) is 0 Å². The van der Waals surface area contributed by atoms with Gasteiger partial charge in [0.1, 0.15) is 5.54 Å². The molecule has 0 amide bonds. The molecule has 0 aliphatic heterocycles. The van der Waals surface area contributed by atoms with E-state index >= 15 is 0 Å². The van der Waals surface area contributed by atoms with Crippen molar-refractivity contribution in [3.8, 4) is 11.6 Å². The number of carbonyl (C=O) groups is 1. The maximum absolute atomic E-state index is 11.2. The van der Waals surface area contributed by atoms with E-state index in [0.717, 1.165) is 6.42 Å². The molecule has 0 atom stereocenters. The van der Waals surface area contributed by atoms with Crippen molar-refractivity contribution in [1.29, 1.82) is 0 Å². The molecule has 7 heteroatoms. The van der Waals surface area contributed by atoms with E-state index in [2.05, 4.69) is 15.5 Å². The third kappa shape index (κ3) is 2.12. The summed E-state index contributed by atoms with van der Waals surface area (Å²) in [5, 5.41) is 15.9. The number of carboxylic acids is 1. The Morgan fingerprint density at radius 3 is 2.95 bits per heavy atom. The zero-order valence-electron chi connectivity index (χ0n) is 10.1. The highest BCUT2D eigenvalue weighted by Gasteiger charge is 2.44. The number of aliphatic carboxylic acids is 1. The van der Waals surface area contributed by atoms with Crippen LogP contribution in [0.3, 0.4) is 0 Å². The van der Waals surface area contributed by atoms with Gasteiger partial charge in [0.2, 0.25) is 11.7 Å². The molecule has 1 aliphatic rings. The molecule has 0 radical (unpaired) electrons. The molecule has 2 aromatic rings. The van der Waals surface area contributed by atoms with Gasteiger partial charge in [0.05, 0.1) is 12.8 Å². The molecule has 0 spiro atoms. The van der Waals surface area contributed by atoms with Gasteiger partial charge >= 0.3 is 5.97 Å². The van der Waals surface area contributed by atoms with Gasteiger partial charge in [0.15, 0.2) is 5.76 Å². The topological polar surface area (TPSA) is 101 Å². The van der Waals surface area contributed by atoms with E-state index in [0.29, 0.717) is 30.3 Å². The molecule has 0 bridgehead atoms. The fraction of sp³-hybridized carbons (Fsp3) is 0.417. The van der Waals surface area contributed by atoms with E-state index in [-0.39, 0.29) is 6.54 Å². The lowest BCUT2D eigenvalue weighted by Crippen LogP contribution is -2.56. The summed E-state index contributed by atoms with van der Waals surface area (Å²) in [7, 11) is 0. The molecule has 2 aromatic heterocycles. The second-order valence-corrected chi connectivity index (χ2v) is 4.58. The number of nitrogens with zero attached hydrogens (tertiary/aromatic N) is 2. The van der Waals surface area contributed by atoms with Crippen LogP contribution < -0.4 is 5.32 Å². The molecule has 1 aliphatic carbocycles. The van der Waals surface area contributed by atoms with Crippen molar-refractivity contribution in [2.24, 2.45) is 0 Å². The van der Waals surface area contributed by atoms with Gasteiger partial charge in [-0.15, -0.1) is 0 Å². The molecule has 100 valence electrons. The van der Waals surface area contributed by atoms with E-state index < -0.39 is 11.5 Å². The maximum Gasteiger partial charge on any atom is 0.323 e. The zero-order valence-corrected chi connectivity index (χ0v) is 10.1. The molecule has 0 unspecified atom stereocenters. The fourth-order valence-corrected chi connectivity index (χ4v) is 2.07. The quantitative estimate of drug-likeness (QED) is 0.841. The summed E-state index contributed by atoms with van der Waals surface area (Å²) in [6.45, 7) is 0.236. The Morgan fingerprint density at radius 2 is 2.37 bits per heavy atom. The molecular weight excluding hydrogens is 250 g/mol. The Morgan fingerprint density at radius 1 is 1.53 bits per heavy atom. The minimum Gasteiger partial charge on any atom is -0.480 e. The molecule has 0 saturated heterocycles. The first kappa shape index (κ1) is 11.9. The van der Waals surface area contributed by atoms with E-state index in [1.165, 1.54) is 6.26 Å². The summed E-state index contributed by atoms with van der Waals surface area (Å²) >= 11 is 0. The average Bonchev–Trinajstić information content (AvgIpc) is 2.97. The third-order valence-electron chi connectivity index (χ3n) is 3.40. The molecule has 0 aromatic carbocycles. The number of hydrogen-bond donors (Lipinski definition) is 2. The minimum absolute atomic E-state index is 0.236. The lowest BCUT2D eigenvalue weighted by Gasteiger charge is -2.38. The van der Waals surface area contributed by atoms with Gasteiger partial charge in [-0.2, -0.15) is 4.98 Å². The van der Waals surface area contributed by atoms with Gasteiger partial charge in [-0.3, -0.25) is 10.1 Å². The van der Waals surface area contributed by atoms with Crippen molar-refractivity contribution in [2.75, 3.05) is 0 Å². The molecule has 3 rings (SSSR count). The van der Waals surface area contributed by atoms with E-state index in [1.807, 2.05) is 0 Å². The van der Waals surface area contributed by atoms with E-state index in [1.54, 1.807) is 12.1 Å². The van der Waals surface area contributed by atoms with Gasteiger partial charge < -0.3 is 14.0 Å². The second kappa shape index (κ2) is 4.51. The number of nitrogens with one attached hydrogen (secondary N) is 1. The Balaban J connectivity index is 1.66. The zero-order chi connectivity index (χ0) is 13.3. The van der Waals surface area contributed by atoms with Crippen molar-refractivity contribution < 1.29 is 18.8 Å². The highest BCUT2D eigenvalue weighted by molar-refractivity contribution is 5.79. The van der Waals surface area contributed by atoms with Crippen LogP contribution >= 0.6 is 0 Å². The van der Waals surface area contributed by atoms with Crippen LogP contribution in [-0.2, 0) is 11.3 Å². The van der Waals surface area contributed by atoms with Crippen LogP contribution in [-0.4, -0.2) is 26.8 Å². The Kier molecular flexibility index (Phi) is 2.83. The van der Waals surface area contributed by atoms with Crippen molar-refractivity contribution in [3.05, 3.63) is 24.3 Å². The number of hydrogen-bond acceptors (Lipinski definition) is 6. The monoisotopic (exact) mass is 263 g/mol. The summed E-state index contributed by atoms with van der Waals surface area (Å²) in [6, 6.07) is 3.46. The van der Waals surface area contributed by atoms with Crippen LogP contribution in [0, 0.1) is 0 Å². The predicted molar refractivity (Wildman–Crippen MR) is 63.1 cm³/mol. The number of furan rings is 1. The van der Waals surface area contributed by atoms with Crippen LogP contribution in [0.5, 0.6) is 0 Å². The summed E-state index contributed by atoms with van der Waals surface area (Å²) in [6.07, 6.45) is 3.70. The van der Waals surface area contributed by atoms with Crippen LogP contribution in [0.4, 0.5) is 0 Å². The Hall–Kier alpha value is -2.15. The largest absolute Gasteiger partial charge is 0.480 e. The first-order valence-corrected chi connectivity index (χ1v) is 6.04. The molecule has 1 fully saturated rings. The SMILES string of the molecule is O=C(O)C1(NCc2nc(-c3ccco3)no2)CCC1. The number of aromatic nitrogens is 2. The van der Waals surface area contributed by atoms with Gasteiger partial charge in [-0.1, -0.05) is 5.16 Å². The van der Waals surface area contributed by atoms with Crippen molar-refractivity contribution >= 4 is 5.97 Å². The van der Waals surface area contributed by atoms with Gasteiger partial charge in [0, 0.05) is 0 Å². The van der Waals surface area contributed by atoms with E-state index in [9.17, 15) is 9.90 Å². The predicted octanol–water partition coefficient (Wildman–Crippen LogP) is 1.43. The van der Waals surface area contributed by atoms with Crippen LogP contribution in [0.15, 0.2) is 27.3 Å². The van der Waals surface area contributed by atoms with Crippen LogP contribution in [0.25, 0.3) is 11.6 Å². The van der Waals surface area contributed by atoms with E-state index in [4.69, 9.17) is 8.94 Å².